The quantitative estimate of drug-likeness (QED) is 0.943. The molecule has 5 nitrogen and oxygen atoms in total. The van der Waals surface area contributed by atoms with E-state index in [1.165, 1.54) is 12.8 Å². The number of hydrogen-bond donors (Lipinski definition) is 1. The van der Waals surface area contributed by atoms with E-state index in [4.69, 9.17) is 0 Å². The molecule has 2 aromatic rings. The highest BCUT2D eigenvalue weighted by Crippen LogP contribution is 2.16. The Morgan fingerprint density at radius 3 is 2.52 bits per heavy atom. The van der Waals surface area contributed by atoms with Crippen LogP contribution in [0.1, 0.15) is 40.2 Å². The van der Waals surface area contributed by atoms with E-state index in [2.05, 4.69) is 20.2 Å². The summed E-state index contributed by atoms with van der Waals surface area (Å²) >= 11 is 0. The second-order valence-electron chi connectivity index (χ2n) is 6.04. The van der Waals surface area contributed by atoms with Crippen LogP contribution in [0.15, 0.2) is 30.3 Å². The molecule has 23 heavy (non-hydrogen) atoms. The minimum absolute atomic E-state index is 0.0796. The second kappa shape index (κ2) is 6.77. The lowest BCUT2D eigenvalue weighted by Gasteiger charge is -2.16. The number of aryl methyl sites for hydroxylation is 2. The van der Waals surface area contributed by atoms with Crippen molar-refractivity contribution in [3.05, 3.63) is 52.8 Å². The Morgan fingerprint density at radius 1 is 1.13 bits per heavy atom. The Hall–Kier alpha value is -2.43. The normalized spacial score (nSPS) is 14.1. The van der Waals surface area contributed by atoms with Crippen molar-refractivity contribution in [2.45, 2.75) is 33.2 Å². The molecule has 1 fully saturated rings. The number of nitrogens with one attached hydrogen (secondary N) is 1. The van der Waals surface area contributed by atoms with Gasteiger partial charge in [0.15, 0.2) is 0 Å². The second-order valence-corrected chi connectivity index (χ2v) is 6.04. The van der Waals surface area contributed by atoms with Gasteiger partial charge in [0.1, 0.15) is 0 Å². The summed E-state index contributed by atoms with van der Waals surface area (Å²) in [5.74, 6) is 0.700. The number of rotatable bonds is 4. The van der Waals surface area contributed by atoms with E-state index in [1.807, 2.05) is 44.2 Å². The van der Waals surface area contributed by atoms with Crippen LogP contribution in [0.3, 0.4) is 0 Å². The molecule has 1 N–H and O–H groups in total. The largest absolute Gasteiger partial charge is 0.346 e. The van der Waals surface area contributed by atoms with Crippen LogP contribution in [0.4, 0.5) is 5.95 Å². The lowest BCUT2D eigenvalue weighted by atomic mass is 10.1. The van der Waals surface area contributed by atoms with Gasteiger partial charge in [-0.2, -0.15) is 0 Å². The molecule has 2 heterocycles. The van der Waals surface area contributed by atoms with Gasteiger partial charge in [-0.25, -0.2) is 9.97 Å². The van der Waals surface area contributed by atoms with E-state index in [0.717, 1.165) is 36.0 Å². The van der Waals surface area contributed by atoms with Crippen LogP contribution in [0, 0.1) is 13.8 Å². The molecular formula is C18H22N4O. The first-order valence-electron chi connectivity index (χ1n) is 8.06. The van der Waals surface area contributed by atoms with Gasteiger partial charge in [-0.05, 0) is 44.9 Å². The van der Waals surface area contributed by atoms with Crippen molar-refractivity contribution in [3.63, 3.8) is 0 Å². The number of hydrogen-bond acceptors (Lipinski definition) is 4. The van der Waals surface area contributed by atoms with E-state index in [9.17, 15) is 4.79 Å². The molecule has 0 atom stereocenters. The van der Waals surface area contributed by atoms with Gasteiger partial charge in [-0.3, -0.25) is 4.79 Å². The first kappa shape index (κ1) is 15.5. The van der Waals surface area contributed by atoms with Crippen LogP contribution < -0.4 is 10.2 Å². The summed E-state index contributed by atoms with van der Waals surface area (Å²) in [4.78, 5) is 23.5. The Kier molecular flexibility index (Phi) is 4.55. The van der Waals surface area contributed by atoms with Crippen molar-refractivity contribution < 1.29 is 4.79 Å². The van der Waals surface area contributed by atoms with Crippen LogP contribution in [0.2, 0.25) is 0 Å². The molecule has 1 aromatic carbocycles. The fraction of sp³-hybridized carbons (Fsp3) is 0.389. The molecule has 120 valence electrons. The van der Waals surface area contributed by atoms with E-state index >= 15 is 0 Å². The standard InChI is InChI=1S/C18H22N4O/c1-13-5-7-15(8-6-13)17(23)19-12-16-11-14(2)20-18(21-16)22-9-3-4-10-22/h5-8,11H,3-4,9-10,12H2,1-2H3,(H,19,23). The van der Waals surface area contributed by atoms with Crippen molar-refractivity contribution in [2.75, 3.05) is 18.0 Å². The number of carbonyl (C=O) groups excluding carboxylic acids is 1. The highest BCUT2D eigenvalue weighted by molar-refractivity contribution is 5.94. The Balaban J connectivity index is 1.67. The topological polar surface area (TPSA) is 58.1 Å². The molecule has 0 aliphatic carbocycles. The van der Waals surface area contributed by atoms with E-state index in [-0.39, 0.29) is 5.91 Å². The summed E-state index contributed by atoms with van der Waals surface area (Å²) in [7, 11) is 0. The van der Waals surface area contributed by atoms with Crippen LogP contribution in [-0.2, 0) is 6.54 Å². The third-order valence-corrected chi connectivity index (χ3v) is 4.03. The van der Waals surface area contributed by atoms with Crippen LogP contribution in [0.25, 0.3) is 0 Å². The number of anilines is 1. The monoisotopic (exact) mass is 310 g/mol. The fourth-order valence-corrected chi connectivity index (χ4v) is 2.74. The first-order chi connectivity index (χ1) is 11.1. The Bertz CT molecular complexity index is 691. The highest BCUT2D eigenvalue weighted by atomic mass is 16.1. The SMILES string of the molecule is Cc1ccc(C(=O)NCc2cc(C)nc(N3CCCC3)n2)cc1. The minimum Gasteiger partial charge on any atom is -0.346 e. The minimum atomic E-state index is -0.0796. The smallest absolute Gasteiger partial charge is 0.251 e. The summed E-state index contributed by atoms with van der Waals surface area (Å²) in [5, 5.41) is 2.93. The van der Waals surface area contributed by atoms with Gasteiger partial charge < -0.3 is 10.2 Å². The maximum atomic E-state index is 12.2. The van der Waals surface area contributed by atoms with Crippen molar-refractivity contribution >= 4 is 11.9 Å². The average Bonchev–Trinajstić information content (AvgIpc) is 3.07. The molecule has 1 saturated heterocycles. The summed E-state index contributed by atoms with van der Waals surface area (Å²) in [6.07, 6.45) is 2.38. The zero-order valence-corrected chi connectivity index (χ0v) is 13.7. The van der Waals surface area contributed by atoms with Crippen molar-refractivity contribution in [2.24, 2.45) is 0 Å². The van der Waals surface area contributed by atoms with Crippen molar-refractivity contribution in [1.82, 2.24) is 15.3 Å². The third kappa shape index (κ3) is 3.86. The van der Waals surface area contributed by atoms with Gasteiger partial charge in [-0.15, -0.1) is 0 Å². The highest BCUT2D eigenvalue weighted by Gasteiger charge is 2.16. The van der Waals surface area contributed by atoms with Crippen molar-refractivity contribution in [1.29, 1.82) is 0 Å². The van der Waals surface area contributed by atoms with E-state index < -0.39 is 0 Å². The van der Waals surface area contributed by atoms with Gasteiger partial charge >= 0.3 is 0 Å². The number of nitrogens with zero attached hydrogens (tertiary/aromatic N) is 3. The number of carbonyl (C=O) groups is 1. The summed E-state index contributed by atoms with van der Waals surface area (Å²) in [5.41, 5.74) is 3.59. The number of benzene rings is 1. The summed E-state index contributed by atoms with van der Waals surface area (Å²) in [6.45, 7) is 6.41. The molecule has 0 unspecified atom stereocenters. The maximum Gasteiger partial charge on any atom is 0.251 e. The third-order valence-electron chi connectivity index (χ3n) is 4.03. The molecule has 0 bridgehead atoms. The Labute approximate surface area is 136 Å². The molecule has 1 aliphatic rings. The molecule has 1 amide bonds. The van der Waals surface area contributed by atoms with Gasteiger partial charge in [0.25, 0.3) is 5.91 Å². The maximum absolute atomic E-state index is 12.2. The van der Waals surface area contributed by atoms with Gasteiger partial charge in [-0.1, -0.05) is 17.7 Å². The molecule has 1 aliphatic heterocycles. The molecular weight excluding hydrogens is 288 g/mol. The van der Waals surface area contributed by atoms with Crippen LogP contribution in [0.5, 0.6) is 0 Å². The van der Waals surface area contributed by atoms with Crippen molar-refractivity contribution in [3.8, 4) is 0 Å². The van der Waals surface area contributed by atoms with Crippen LogP contribution >= 0.6 is 0 Å². The van der Waals surface area contributed by atoms with E-state index in [0.29, 0.717) is 12.1 Å². The molecule has 0 spiro atoms. The lowest BCUT2D eigenvalue weighted by molar-refractivity contribution is 0.0950. The predicted molar refractivity (Wildman–Crippen MR) is 90.6 cm³/mol. The zero-order valence-electron chi connectivity index (χ0n) is 13.7. The number of amides is 1. The van der Waals surface area contributed by atoms with Gasteiger partial charge in [0.05, 0.1) is 12.2 Å². The lowest BCUT2D eigenvalue weighted by Crippen LogP contribution is -2.25. The first-order valence-corrected chi connectivity index (χ1v) is 8.06. The molecule has 5 heteroatoms. The molecule has 0 radical (unpaired) electrons. The predicted octanol–water partition coefficient (Wildman–Crippen LogP) is 2.62. The van der Waals surface area contributed by atoms with Gasteiger partial charge in [0, 0.05) is 24.3 Å². The molecule has 0 saturated carbocycles. The molecule has 1 aromatic heterocycles. The number of aromatic nitrogens is 2. The van der Waals surface area contributed by atoms with Crippen LogP contribution in [-0.4, -0.2) is 29.0 Å². The van der Waals surface area contributed by atoms with Gasteiger partial charge in [0.2, 0.25) is 5.95 Å². The zero-order chi connectivity index (χ0) is 16.2. The molecule has 3 rings (SSSR count). The summed E-state index contributed by atoms with van der Waals surface area (Å²) in [6, 6.07) is 9.48. The van der Waals surface area contributed by atoms with E-state index in [1.54, 1.807) is 0 Å². The fourth-order valence-electron chi connectivity index (χ4n) is 2.74. The average molecular weight is 310 g/mol. The summed E-state index contributed by atoms with van der Waals surface area (Å²) < 4.78 is 0. The Morgan fingerprint density at radius 2 is 1.83 bits per heavy atom.